The number of ether oxygens (including phenoxy) is 2. The molecule has 44 heavy (non-hydrogen) atoms. The van der Waals surface area contributed by atoms with Gasteiger partial charge in [-0.1, -0.05) is 107 Å². The summed E-state index contributed by atoms with van der Waals surface area (Å²) in [5, 5.41) is 0. The number of rotatable bonds is 29. The number of allylic oxidation sites excluding steroid dienone is 10. The van der Waals surface area contributed by atoms with Gasteiger partial charge in [0.15, 0.2) is 6.10 Å². The van der Waals surface area contributed by atoms with Crippen molar-refractivity contribution >= 4 is 19.8 Å². The van der Waals surface area contributed by atoms with Gasteiger partial charge in [0.2, 0.25) is 0 Å². The molecule has 1 atom stereocenters. The largest absolute Gasteiger partial charge is 0.469 e. The molecule has 0 radical (unpaired) electrons. The molecule has 0 rings (SSSR count). The summed E-state index contributed by atoms with van der Waals surface area (Å²) in [4.78, 5) is 42.5. The lowest BCUT2D eigenvalue weighted by Gasteiger charge is -2.18. The van der Waals surface area contributed by atoms with Gasteiger partial charge in [-0.25, -0.2) is 4.57 Å². The Morgan fingerprint density at radius 1 is 0.614 bits per heavy atom. The van der Waals surface area contributed by atoms with Crippen molar-refractivity contribution < 1.29 is 37.9 Å². The van der Waals surface area contributed by atoms with Crippen molar-refractivity contribution in [2.75, 3.05) is 13.2 Å². The maximum Gasteiger partial charge on any atom is 0.469 e. The van der Waals surface area contributed by atoms with Crippen molar-refractivity contribution in [3.8, 4) is 0 Å². The minimum atomic E-state index is -4.76. The highest BCUT2D eigenvalue weighted by atomic mass is 31.2. The first-order valence-corrected chi connectivity index (χ1v) is 18.1. The molecule has 0 saturated carbocycles. The van der Waals surface area contributed by atoms with Crippen molar-refractivity contribution in [3.05, 3.63) is 60.8 Å². The van der Waals surface area contributed by atoms with Crippen LogP contribution in [0.1, 0.15) is 129 Å². The fraction of sp³-hybridized carbons (Fsp3) is 0.657. The molecule has 9 heteroatoms. The maximum atomic E-state index is 12.3. The van der Waals surface area contributed by atoms with Crippen molar-refractivity contribution in [2.45, 2.75) is 136 Å². The van der Waals surface area contributed by atoms with Gasteiger partial charge < -0.3 is 19.3 Å². The van der Waals surface area contributed by atoms with E-state index in [1.807, 2.05) is 0 Å². The Balaban J connectivity index is 4.13. The predicted molar refractivity (Wildman–Crippen MR) is 179 cm³/mol. The summed E-state index contributed by atoms with van der Waals surface area (Å²) in [5.41, 5.74) is 0. The lowest BCUT2D eigenvalue weighted by molar-refractivity contribution is -0.161. The zero-order valence-corrected chi connectivity index (χ0v) is 28.2. The Morgan fingerprint density at radius 3 is 1.70 bits per heavy atom. The Bertz CT molecular complexity index is 900. The minimum Gasteiger partial charge on any atom is -0.462 e. The van der Waals surface area contributed by atoms with Gasteiger partial charge in [0, 0.05) is 12.8 Å². The first-order chi connectivity index (χ1) is 21.3. The molecule has 0 aromatic rings. The molecule has 0 saturated heterocycles. The molecule has 0 spiro atoms. The summed E-state index contributed by atoms with van der Waals surface area (Å²) in [7, 11) is -4.76. The van der Waals surface area contributed by atoms with E-state index in [-0.39, 0.29) is 19.4 Å². The van der Waals surface area contributed by atoms with E-state index in [4.69, 9.17) is 19.3 Å². The van der Waals surface area contributed by atoms with E-state index in [1.165, 1.54) is 12.8 Å². The van der Waals surface area contributed by atoms with Crippen LogP contribution in [0.5, 0.6) is 0 Å². The van der Waals surface area contributed by atoms with E-state index in [9.17, 15) is 14.2 Å². The topological polar surface area (TPSA) is 119 Å². The van der Waals surface area contributed by atoms with Crippen molar-refractivity contribution in [1.82, 2.24) is 0 Å². The molecule has 8 nitrogen and oxygen atoms in total. The summed E-state index contributed by atoms with van der Waals surface area (Å²) in [5.74, 6) is -0.954. The Morgan fingerprint density at radius 2 is 1.09 bits per heavy atom. The monoisotopic (exact) mass is 638 g/mol. The van der Waals surface area contributed by atoms with Crippen LogP contribution in [-0.4, -0.2) is 41.0 Å². The average molecular weight is 639 g/mol. The average Bonchev–Trinajstić information content (AvgIpc) is 2.98. The molecule has 0 amide bonds. The first-order valence-electron chi connectivity index (χ1n) is 16.6. The fourth-order valence-corrected chi connectivity index (χ4v) is 4.41. The molecule has 0 aliphatic rings. The molecule has 0 fully saturated rings. The van der Waals surface area contributed by atoms with Crippen LogP contribution in [0.2, 0.25) is 0 Å². The SMILES string of the molecule is CC/C=C\C/C=C\C/C=C\C/C=C\CCCCC(=O)OC[C@H](COP(=O)(O)O)OC(=O)CCCCCCC/C=C\CCCC. The highest BCUT2D eigenvalue weighted by Crippen LogP contribution is 2.35. The summed E-state index contributed by atoms with van der Waals surface area (Å²) in [6.45, 7) is 3.45. The molecule has 0 bridgehead atoms. The standard InChI is InChI=1S/C35H59O8P/c1-3-5-7-9-11-13-15-16-17-18-20-21-23-25-27-29-34(36)41-31-33(32-42-44(38,39)40)43-35(37)30-28-26-24-22-19-14-12-10-8-6-4-2/h5,7,10-13,16-17,20-21,33H,3-4,6,8-9,14-15,18-19,22-32H2,1-2H3,(H2,38,39,40)/b7-5-,12-10-,13-11-,17-16-,21-20-/t33-/m1/s1. The summed E-state index contributed by atoms with van der Waals surface area (Å²) in [6.07, 6.45) is 36.6. The zero-order valence-electron chi connectivity index (χ0n) is 27.3. The second-order valence-electron chi connectivity index (χ2n) is 10.7. The highest BCUT2D eigenvalue weighted by Gasteiger charge is 2.22. The van der Waals surface area contributed by atoms with Crippen molar-refractivity contribution in [2.24, 2.45) is 0 Å². The van der Waals surface area contributed by atoms with Crippen LogP contribution in [0.25, 0.3) is 0 Å². The van der Waals surface area contributed by atoms with E-state index >= 15 is 0 Å². The van der Waals surface area contributed by atoms with Crippen molar-refractivity contribution in [1.29, 1.82) is 0 Å². The van der Waals surface area contributed by atoms with Crippen LogP contribution >= 0.6 is 7.82 Å². The quantitative estimate of drug-likeness (QED) is 0.0360. The second kappa shape index (κ2) is 30.8. The van der Waals surface area contributed by atoms with Crippen LogP contribution in [0.4, 0.5) is 0 Å². The first kappa shape index (κ1) is 41.8. The number of carbonyl (C=O) groups is 2. The third-order valence-electron chi connectivity index (χ3n) is 6.52. The fourth-order valence-electron chi connectivity index (χ4n) is 4.05. The van der Waals surface area contributed by atoms with E-state index < -0.39 is 32.5 Å². The van der Waals surface area contributed by atoms with Crippen LogP contribution < -0.4 is 0 Å². The molecule has 252 valence electrons. The Kier molecular flexibility index (Phi) is 29.2. The zero-order chi connectivity index (χ0) is 32.6. The van der Waals surface area contributed by atoms with Crippen LogP contribution in [0, 0.1) is 0 Å². The third kappa shape index (κ3) is 32.7. The van der Waals surface area contributed by atoms with E-state index in [0.717, 1.165) is 77.0 Å². The smallest absolute Gasteiger partial charge is 0.462 e. The van der Waals surface area contributed by atoms with Crippen LogP contribution in [-0.2, 0) is 28.2 Å². The molecule has 0 aliphatic heterocycles. The van der Waals surface area contributed by atoms with Gasteiger partial charge in [0.1, 0.15) is 6.61 Å². The van der Waals surface area contributed by atoms with Crippen LogP contribution in [0.3, 0.4) is 0 Å². The minimum absolute atomic E-state index is 0.189. The second-order valence-corrected chi connectivity index (χ2v) is 12.0. The van der Waals surface area contributed by atoms with Gasteiger partial charge in [0.05, 0.1) is 6.61 Å². The number of unbranched alkanes of at least 4 members (excludes halogenated alkanes) is 9. The molecule has 0 heterocycles. The normalized spacial score (nSPS) is 13.3. The number of carbonyl (C=O) groups excluding carboxylic acids is 2. The maximum absolute atomic E-state index is 12.3. The molecule has 0 aliphatic carbocycles. The van der Waals surface area contributed by atoms with E-state index in [2.05, 4.69) is 79.1 Å². The van der Waals surface area contributed by atoms with Gasteiger partial charge in [-0.15, -0.1) is 0 Å². The van der Waals surface area contributed by atoms with Gasteiger partial charge in [0.25, 0.3) is 0 Å². The highest BCUT2D eigenvalue weighted by molar-refractivity contribution is 7.46. The summed E-state index contributed by atoms with van der Waals surface area (Å²) < 4.78 is 26.1. The number of hydrogen-bond acceptors (Lipinski definition) is 6. The molecular formula is C35H59O8P. The van der Waals surface area contributed by atoms with E-state index in [0.29, 0.717) is 12.8 Å². The molecule has 0 aromatic carbocycles. The lowest BCUT2D eigenvalue weighted by Crippen LogP contribution is -2.29. The summed E-state index contributed by atoms with van der Waals surface area (Å²) in [6, 6.07) is 0. The van der Waals surface area contributed by atoms with Gasteiger partial charge in [-0.2, -0.15) is 0 Å². The number of hydrogen-bond donors (Lipinski definition) is 2. The Hall–Kier alpha value is -2.25. The molecule has 2 N–H and O–H groups in total. The van der Waals surface area contributed by atoms with Gasteiger partial charge in [-0.05, 0) is 70.6 Å². The molecule has 0 aromatic heterocycles. The van der Waals surface area contributed by atoms with Gasteiger partial charge >= 0.3 is 19.8 Å². The molecular weight excluding hydrogens is 579 g/mol. The van der Waals surface area contributed by atoms with Crippen LogP contribution in [0.15, 0.2) is 60.8 Å². The van der Waals surface area contributed by atoms with Gasteiger partial charge in [-0.3, -0.25) is 14.1 Å². The van der Waals surface area contributed by atoms with E-state index in [1.54, 1.807) is 0 Å². The number of phosphoric acid groups is 1. The van der Waals surface area contributed by atoms with Crippen molar-refractivity contribution in [3.63, 3.8) is 0 Å². The lowest BCUT2D eigenvalue weighted by atomic mass is 10.1. The molecule has 0 unspecified atom stereocenters. The number of phosphoric ester groups is 1. The predicted octanol–water partition coefficient (Wildman–Crippen LogP) is 9.39. The Labute approximate surface area is 267 Å². The summed E-state index contributed by atoms with van der Waals surface area (Å²) >= 11 is 0. The third-order valence-corrected chi connectivity index (χ3v) is 7.01. The number of esters is 2.